The fraction of sp³-hybridized carbons (Fsp3) is 0.143. The SMILES string of the molecule is CCc1ccc(-c2csc(NC(=O)OCc3ccccc3)c2C(=O)O)cc1. The van der Waals surface area contributed by atoms with Crippen LogP contribution in [0.3, 0.4) is 0 Å². The molecule has 3 aromatic rings. The minimum atomic E-state index is -1.09. The van der Waals surface area contributed by atoms with E-state index in [0.29, 0.717) is 5.56 Å². The molecule has 0 saturated carbocycles. The van der Waals surface area contributed by atoms with Crippen molar-refractivity contribution in [2.45, 2.75) is 20.0 Å². The summed E-state index contributed by atoms with van der Waals surface area (Å²) in [6.45, 7) is 2.18. The number of aromatic carboxylic acids is 1. The van der Waals surface area contributed by atoms with Crippen molar-refractivity contribution in [1.29, 1.82) is 0 Å². The molecule has 6 heteroatoms. The molecular weight excluding hydrogens is 362 g/mol. The van der Waals surface area contributed by atoms with E-state index in [0.717, 1.165) is 17.5 Å². The lowest BCUT2D eigenvalue weighted by Gasteiger charge is -2.08. The molecule has 0 fully saturated rings. The molecular formula is C21H19NO4S. The summed E-state index contributed by atoms with van der Waals surface area (Å²) in [6.07, 6.45) is 0.228. The van der Waals surface area contributed by atoms with Crippen molar-refractivity contribution in [2.75, 3.05) is 5.32 Å². The first-order valence-corrected chi connectivity index (χ1v) is 9.38. The molecule has 5 nitrogen and oxygen atoms in total. The minimum Gasteiger partial charge on any atom is -0.478 e. The van der Waals surface area contributed by atoms with Crippen LogP contribution in [0, 0.1) is 0 Å². The van der Waals surface area contributed by atoms with Gasteiger partial charge in [-0.1, -0.05) is 61.5 Å². The number of hydrogen-bond acceptors (Lipinski definition) is 4. The van der Waals surface area contributed by atoms with Crippen LogP contribution in [-0.4, -0.2) is 17.2 Å². The van der Waals surface area contributed by atoms with Crippen molar-refractivity contribution in [3.05, 3.63) is 76.7 Å². The largest absolute Gasteiger partial charge is 0.478 e. The van der Waals surface area contributed by atoms with Crippen LogP contribution in [0.25, 0.3) is 11.1 Å². The third kappa shape index (κ3) is 4.54. The van der Waals surface area contributed by atoms with Crippen LogP contribution < -0.4 is 5.32 Å². The number of benzene rings is 2. The fourth-order valence-electron chi connectivity index (χ4n) is 2.65. The highest BCUT2D eigenvalue weighted by atomic mass is 32.1. The third-order valence-corrected chi connectivity index (χ3v) is 5.00. The van der Waals surface area contributed by atoms with E-state index >= 15 is 0 Å². The van der Waals surface area contributed by atoms with Gasteiger partial charge in [-0.05, 0) is 23.1 Å². The first kappa shape index (κ1) is 18.7. The van der Waals surface area contributed by atoms with Crippen LogP contribution in [0.5, 0.6) is 0 Å². The van der Waals surface area contributed by atoms with Gasteiger partial charge in [0.15, 0.2) is 0 Å². The Morgan fingerprint density at radius 3 is 2.37 bits per heavy atom. The molecule has 0 radical (unpaired) electrons. The number of amides is 1. The average molecular weight is 381 g/mol. The summed E-state index contributed by atoms with van der Waals surface area (Å²) < 4.78 is 5.18. The number of thiophene rings is 1. The summed E-state index contributed by atoms with van der Waals surface area (Å²) in [5.41, 5.74) is 3.48. The van der Waals surface area contributed by atoms with Crippen LogP contribution in [0.4, 0.5) is 9.80 Å². The first-order valence-electron chi connectivity index (χ1n) is 8.50. The molecule has 138 valence electrons. The van der Waals surface area contributed by atoms with Gasteiger partial charge >= 0.3 is 12.1 Å². The fourth-order valence-corrected chi connectivity index (χ4v) is 3.59. The molecule has 0 atom stereocenters. The Kier molecular flexibility index (Phi) is 5.88. The minimum absolute atomic E-state index is 0.0703. The van der Waals surface area contributed by atoms with Gasteiger partial charge in [0.25, 0.3) is 0 Å². The van der Waals surface area contributed by atoms with Crippen LogP contribution in [0.15, 0.2) is 60.0 Å². The monoisotopic (exact) mass is 381 g/mol. The lowest BCUT2D eigenvalue weighted by molar-refractivity contribution is 0.0699. The van der Waals surface area contributed by atoms with Crippen LogP contribution in [0.2, 0.25) is 0 Å². The van der Waals surface area contributed by atoms with Crippen molar-refractivity contribution in [2.24, 2.45) is 0 Å². The normalized spacial score (nSPS) is 10.4. The second-order valence-electron chi connectivity index (χ2n) is 5.90. The number of hydrogen-bond donors (Lipinski definition) is 2. The molecule has 0 spiro atoms. The quantitative estimate of drug-likeness (QED) is 0.597. The zero-order chi connectivity index (χ0) is 19.2. The van der Waals surface area contributed by atoms with E-state index in [1.807, 2.05) is 54.6 Å². The van der Waals surface area contributed by atoms with E-state index in [4.69, 9.17) is 4.74 Å². The van der Waals surface area contributed by atoms with Gasteiger partial charge in [-0.15, -0.1) is 11.3 Å². The number of aryl methyl sites for hydroxylation is 1. The Bertz CT molecular complexity index is 933. The Hall–Kier alpha value is -3.12. The molecule has 0 aliphatic heterocycles. The summed E-state index contributed by atoms with van der Waals surface area (Å²) in [4.78, 5) is 23.8. The number of carbonyl (C=O) groups is 2. The van der Waals surface area contributed by atoms with E-state index in [-0.39, 0.29) is 17.2 Å². The molecule has 3 rings (SSSR count). The number of carboxylic acids is 1. The number of nitrogens with one attached hydrogen (secondary N) is 1. The van der Waals surface area contributed by atoms with Crippen molar-refractivity contribution in [3.8, 4) is 11.1 Å². The highest BCUT2D eigenvalue weighted by Crippen LogP contribution is 2.36. The molecule has 27 heavy (non-hydrogen) atoms. The van der Waals surface area contributed by atoms with Gasteiger partial charge in [0.2, 0.25) is 0 Å². The number of anilines is 1. The van der Waals surface area contributed by atoms with Gasteiger partial charge in [0.1, 0.15) is 17.2 Å². The zero-order valence-corrected chi connectivity index (χ0v) is 15.6. The topological polar surface area (TPSA) is 75.6 Å². The average Bonchev–Trinajstić information content (AvgIpc) is 3.11. The second kappa shape index (κ2) is 8.51. The van der Waals surface area contributed by atoms with E-state index in [1.165, 1.54) is 16.9 Å². The molecule has 0 unspecified atom stereocenters. The second-order valence-corrected chi connectivity index (χ2v) is 6.78. The number of ether oxygens (including phenoxy) is 1. The molecule has 0 aliphatic carbocycles. The van der Waals surface area contributed by atoms with Gasteiger partial charge in [-0.25, -0.2) is 9.59 Å². The third-order valence-electron chi connectivity index (χ3n) is 4.11. The van der Waals surface area contributed by atoms with Gasteiger partial charge in [0.05, 0.1) is 0 Å². The van der Waals surface area contributed by atoms with Crippen molar-refractivity contribution in [1.82, 2.24) is 0 Å². The molecule has 0 saturated heterocycles. The molecule has 1 heterocycles. The number of rotatable bonds is 6. The maximum absolute atomic E-state index is 12.1. The molecule has 2 aromatic carbocycles. The maximum atomic E-state index is 12.1. The Morgan fingerprint density at radius 1 is 1.04 bits per heavy atom. The molecule has 1 amide bonds. The summed E-state index contributed by atoms with van der Waals surface area (Å²) in [5.74, 6) is -1.09. The lowest BCUT2D eigenvalue weighted by atomic mass is 10.0. The zero-order valence-electron chi connectivity index (χ0n) is 14.8. The van der Waals surface area contributed by atoms with E-state index in [2.05, 4.69) is 12.2 Å². The summed E-state index contributed by atoms with van der Waals surface area (Å²) in [6, 6.07) is 17.0. The van der Waals surface area contributed by atoms with Gasteiger partial charge in [-0.3, -0.25) is 5.32 Å². The van der Waals surface area contributed by atoms with Gasteiger partial charge in [0, 0.05) is 10.9 Å². The van der Waals surface area contributed by atoms with Gasteiger partial charge in [-0.2, -0.15) is 0 Å². The van der Waals surface area contributed by atoms with Gasteiger partial charge < -0.3 is 9.84 Å². The molecule has 0 aliphatic rings. The number of carboxylic acid groups (broad SMARTS) is 1. The lowest BCUT2D eigenvalue weighted by Crippen LogP contribution is -2.14. The number of carbonyl (C=O) groups excluding carboxylic acids is 1. The highest BCUT2D eigenvalue weighted by Gasteiger charge is 2.21. The summed E-state index contributed by atoms with van der Waals surface area (Å²) in [5, 5.41) is 14.2. The Labute approximate surface area is 161 Å². The summed E-state index contributed by atoms with van der Waals surface area (Å²) >= 11 is 1.17. The first-order chi connectivity index (χ1) is 13.1. The van der Waals surface area contributed by atoms with E-state index < -0.39 is 12.1 Å². The predicted molar refractivity (Wildman–Crippen MR) is 106 cm³/mol. The standard InChI is InChI=1S/C21H19NO4S/c1-2-14-8-10-16(11-9-14)17-13-27-19(18(17)20(23)24)22-21(25)26-12-15-6-4-3-5-7-15/h3-11,13H,2,12H2,1H3,(H,22,25)(H,23,24). The van der Waals surface area contributed by atoms with E-state index in [1.54, 1.807) is 5.38 Å². The van der Waals surface area contributed by atoms with Crippen molar-refractivity contribution < 1.29 is 19.4 Å². The van der Waals surface area contributed by atoms with Crippen molar-refractivity contribution in [3.63, 3.8) is 0 Å². The van der Waals surface area contributed by atoms with Crippen LogP contribution in [-0.2, 0) is 17.8 Å². The smallest absolute Gasteiger partial charge is 0.412 e. The Balaban J connectivity index is 1.76. The molecule has 1 aromatic heterocycles. The van der Waals surface area contributed by atoms with Crippen molar-refractivity contribution >= 4 is 28.4 Å². The predicted octanol–water partition coefficient (Wildman–Crippen LogP) is 5.42. The summed E-state index contributed by atoms with van der Waals surface area (Å²) in [7, 11) is 0. The van der Waals surface area contributed by atoms with Crippen LogP contribution in [0.1, 0.15) is 28.4 Å². The molecule has 0 bridgehead atoms. The molecule has 2 N–H and O–H groups in total. The highest BCUT2D eigenvalue weighted by molar-refractivity contribution is 7.15. The Morgan fingerprint density at radius 2 is 1.74 bits per heavy atom. The van der Waals surface area contributed by atoms with Crippen LogP contribution >= 0.6 is 11.3 Å². The maximum Gasteiger partial charge on any atom is 0.412 e. The van der Waals surface area contributed by atoms with E-state index in [9.17, 15) is 14.7 Å².